The van der Waals surface area contributed by atoms with Crippen LogP contribution >= 0.6 is 31.9 Å². The number of aromatic hydroxyl groups is 1. The van der Waals surface area contributed by atoms with Gasteiger partial charge in [0.05, 0.1) is 20.8 Å². The van der Waals surface area contributed by atoms with Crippen molar-refractivity contribution in [3.8, 4) is 17.0 Å². The minimum atomic E-state index is 0.164. The van der Waals surface area contributed by atoms with Crippen LogP contribution in [0.5, 0.6) is 5.75 Å². The maximum Gasteiger partial charge on any atom is 0.144 e. The topological polar surface area (TPSA) is 61.8 Å². The van der Waals surface area contributed by atoms with Crippen molar-refractivity contribution < 1.29 is 5.11 Å². The van der Waals surface area contributed by atoms with E-state index < -0.39 is 0 Å². The summed E-state index contributed by atoms with van der Waals surface area (Å²) >= 11 is 6.52. The van der Waals surface area contributed by atoms with Crippen LogP contribution in [-0.4, -0.2) is 20.5 Å². The summed E-state index contributed by atoms with van der Waals surface area (Å²) in [5.74, 6) is 0.164. The molecule has 0 unspecified atom stereocenters. The second kappa shape index (κ2) is 3.70. The molecule has 0 spiro atoms. The Hall–Kier alpha value is -0.880. The van der Waals surface area contributed by atoms with Crippen molar-refractivity contribution in [2.45, 2.75) is 0 Å². The minimum Gasteiger partial charge on any atom is -0.506 e. The zero-order valence-electron chi connectivity index (χ0n) is 6.83. The highest BCUT2D eigenvalue weighted by molar-refractivity contribution is 9.11. The van der Waals surface area contributed by atoms with Gasteiger partial charge in [0.1, 0.15) is 5.75 Å². The predicted molar refractivity (Wildman–Crippen MR) is 58.9 cm³/mol. The van der Waals surface area contributed by atoms with Gasteiger partial charge in [0, 0.05) is 5.56 Å². The van der Waals surface area contributed by atoms with Gasteiger partial charge in [-0.3, -0.25) is 5.10 Å². The van der Waals surface area contributed by atoms with E-state index in [1.165, 1.54) is 0 Å². The van der Waals surface area contributed by atoms with Crippen molar-refractivity contribution in [3.63, 3.8) is 0 Å². The fourth-order valence-corrected chi connectivity index (χ4v) is 2.23. The largest absolute Gasteiger partial charge is 0.506 e. The second-order valence-corrected chi connectivity index (χ2v) is 4.27. The zero-order valence-corrected chi connectivity index (χ0v) is 10.0. The molecule has 72 valence electrons. The number of rotatable bonds is 1. The number of nitrogens with one attached hydrogen (secondary N) is 1. The van der Waals surface area contributed by atoms with Crippen molar-refractivity contribution in [1.29, 1.82) is 0 Å². The summed E-state index contributed by atoms with van der Waals surface area (Å²) in [4.78, 5) is 0. The minimum absolute atomic E-state index is 0.164. The Labute approximate surface area is 96.6 Å². The molecule has 2 N–H and O–H groups in total. The van der Waals surface area contributed by atoms with Gasteiger partial charge in [0.2, 0.25) is 0 Å². The second-order valence-electron chi connectivity index (χ2n) is 2.63. The highest BCUT2D eigenvalue weighted by atomic mass is 79.9. The Bertz CT molecular complexity index is 456. The molecule has 6 heteroatoms. The van der Waals surface area contributed by atoms with E-state index in [1.807, 2.05) is 6.07 Å². The Morgan fingerprint density at radius 3 is 2.71 bits per heavy atom. The molecule has 1 heterocycles. The summed E-state index contributed by atoms with van der Waals surface area (Å²) in [6, 6.07) is 3.61. The van der Waals surface area contributed by atoms with Gasteiger partial charge in [-0.15, -0.1) is 5.10 Å². The van der Waals surface area contributed by atoms with E-state index in [1.54, 1.807) is 12.3 Å². The number of hydrogen-bond donors (Lipinski definition) is 2. The smallest absolute Gasteiger partial charge is 0.144 e. The van der Waals surface area contributed by atoms with Crippen molar-refractivity contribution in [3.05, 3.63) is 27.3 Å². The van der Waals surface area contributed by atoms with Gasteiger partial charge in [-0.1, -0.05) is 11.3 Å². The molecule has 2 aromatic rings. The van der Waals surface area contributed by atoms with Crippen LogP contribution in [0.3, 0.4) is 0 Å². The van der Waals surface area contributed by atoms with Crippen LogP contribution < -0.4 is 0 Å². The van der Waals surface area contributed by atoms with E-state index in [-0.39, 0.29) is 5.75 Å². The first kappa shape index (κ1) is 9.67. The molecule has 0 aliphatic carbocycles. The Morgan fingerprint density at radius 2 is 2.07 bits per heavy atom. The Morgan fingerprint density at radius 1 is 1.29 bits per heavy atom. The van der Waals surface area contributed by atoms with E-state index in [4.69, 9.17) is 0 Å². The third-order valence-corrected chi connectivity index (χ3v) is 3.21. The number of H-pyrrole nitrogens is 1. The standard InChI is InChI=1S/C8H5Br2N3O/c9-5-2-1-4(7(10)8(5)14)6-3-11-13-12-6/h1-3,14H,(H,11,12,13). The van der Waals surface area contributed by atoms with Gasteiger partial charge in [0.25, 0.3) is 0 Å². The number of benzene rings is 1. The van der Waals surface area contributed by atoms with Crippen molar-refractivity contribution in [2.75, 3.05) is 0 Å². The zero-order chi connectivity index (χ0) is 10.1. The van der Waals surface area contributed by atoms with E-state index in [2.05, 4.69) is 47.3 Å². The quantitative estimate of drug-likeness (QED) is 0.850. The van der Waals surface area contributed by atoms with Crippen LogP contribution in [0.1, 0.15) is 0 Å². The van der Waals surface area contributed by atoms with Crippen LogP contribution in [0, 0.1) is 0 Å². The summed E-state index contributed by atoms with van der Waals surface area (Å²) in [5, 5.41) is 19.6. The molecule has 0 saturated carbocycles. The number of phenolic OH excluding ortho intramolecular Hbond substituents is 1. The van der Waals surface area contributed by atoms with Gasteiger partial charge in [-0.05, 0) is 37.9 Å². The first-order valence-corrected chi connectivity index (χ1v) is 5.32. The van der Waals surface area contributed by atoms with Crippen LogP contribution in [-0.2, 0) is 0 Å². The molecule has 0 saturated heterocycles. The molecular formula is C8H5Br2N3O. The molecule has 0 bridgehead atoms. The lowest BCUT2D eigenvalue weighted by Gasteiger charge is -2.04. The summed E-state index contributed by atoms with van der Waals surface area (Å²) < 4.78 is 1.25. The Balaban J connectivity index is 2.61. The maximum atomic E-state index is 9.64. The lowest BCUT2D eigenvalue weighted by atomic mass is 10.1. The van der Waals surface area contributed by atoms with Crippen LogP contribution in [0.2, 0.25) is 0 Å². The molecule has 1 aromatic heterocycles. The molecule has 1 aromatic carbocycles. The number of halogens is 2. The van der Waals surface area contributed by atoms with E-state index in [9.17, 15) is 5.11 Å². The summed E-state index contributed by atoms with van der Waals surface area (Å²) in [6.45, 7) is 0. The van der Waals surface area contributed by atoms with Crippen LogP contribution in [0.25, 0.3) is 11.3 Å². The van der Waals surface area contributed by atoms with Crippen molar-refractivity contribution in [1.82, 2.24) is 15.4 Å². The third kappa shape index (κ3) is 1.55. The molecule has 0 aliphatic rings. The molecule has 0 aliphatic heterocycles. The molecule has 0 atom stereocenters. The summed E-state index contributed by atoms with van der Waals surface area (Å²) in [6.07, 6.45) is 1.59. The average Bonchev–Trinajstić information content (AvgIpc) is 2.67. The average molecular weight is 319 g/mol. The lowest BCUT2D eigenvalue weighted by molar-refractivity contribution is 0.469. The van der Waals surface area contributed by atoms with E-state index >= 15 is 0 Å². The maximum absolute atomic E-state index is 9.64. The molecule has 14 heavy (non-hydrogen) atoms. The molecule has 2 rings (SSSR count). The lowest BCUT2D eigenvalue weighted by Crippen LogP contribution is -1.82. The number of aromatic nitrogens is 3. The number of nitrogens with zero attached hydrogens (tertiary/aromatic N) is 2. The summed E-state index contributed by atoms with van der Waals surface area (Å²) in [5.41, 5.74) is 1.57. The Kier molecular flexibility index (Phi) is 2.56. The van der Waals surface area contributed by atoms with Gasteiger partial charge in [-0.2, -0.15) is 0 Å². The van der Waals surface area contributed by atoms with Crippen molar-refractivity contribution >= 4 is 31.9 Å². The number of phenols is 1. The first-order chi connectivity index (χ1) is 6.70. The highest BCUT2D eigenvalue weighted by Crippen LogP contribution is 2.38. The molecule has 4 nitrogen and oxygen atoms in total. The van der Waals surface area contributed by atoms with Gasteiger partial charge < -0.3 is 5.11 Å². The fraction of sp³-hybridized carbons (Fsp3) is 0. The van der Waals surface area contributed by atoms with Gasteiger partial charge >= 0.3 is 0 Å². The van der Waals surface area contributed by atoms with Gasteiger partial charge in [-0.25, -0.2) is 0 Å². The SMILES string of the molecule is Oc1c(Br)ccc(-c2cnn[nH]2)c1Br. The van der Waals surface area contributed by atoms with E-state index in [0.29, 0.717) is 8.95 Å². The van der Waals surface area contributed by atoms with Crippen molar-refractivity contribution in [2.24, 2.45) is 0 Å². The predicted octanol–water partition coefficient (Wildman–Crippen LogP) is 2.70. The molecule has 0 radical (unpaired) electrons. The van der Waals surface area contributed by atoms with E-state index in [0.717, 1.165) is 11.3 Å². The number of hydrogen-bond acceptors (Lipinski definition) is 3. The molecule has 0 fully saturated rings. The van der Waals surface area contributed by atoms with Crippen LogP contribution in [0.15, 0.2) is 27.3 Å². The van der Waals surface area contributed by atoms with Crippen LogP contribution in [0.4, 0.5) is 0 Å². The number of aromatic amines is 1. The molecule has 0 amide bonds. The summed E-state index contributed by atoms with van der Waals surface area (Å²) in [7, 11) is 0. The van der Waals surface area contributed by atoms with Gasteiger partial charge in [0.15, 0.2) is 0 Å². The normalized spacial score (nSPS) is 10.4. The highest BCUT2D eigenvalue weighted by Gasteiger charge is 2.11. The fourth-order valence-electron chi connectivity index (χ4n) is 1.08. The first-order valence-electron chi connectivity index (χ1n) is 3.73. The molecular weight excluding hydrogens is 314 g/mol. The monoisotopic (exact) mass is 317 g/mol. The third-order valence-electron chi connectivity index (χ3n) is 1.77.